The van der Waals surface area contributed by atoms with Crippen molar-refractivity contribution < 1.29 is 22.7 Å². The summed E-state index contributed by atoms with van der Waals surface area (Å²) in [6.45, 7) is 3.20. The predicted molar refractivity (Wildman–Crippen MR) is 63.8 cm³/mol. The van der Waals surface area contributed by atoms with Gasteiger partial charge in [0.1, 0.15) is 6.07 Å². The average Bonchev–Trinajstić information content (AvgIpc) is 2.26. The maximum Gasteiger partial charge on any atom is 0.446 e. The van der Waals surface area contributed by atoms with Crippen LogP contribution in [-0.2, 0) is 4.74 Å². The van der Waals surface area contributed by atoms with E-state index in [-0.39, 0.29) is 22.6 Å². The van der Waals surface area contributed by atoms with Crippen LogP contribution in [0.1, 0.15) is 28.4 Å². The van der Waals surface area contributed by atoms with Crippen LogP contribution in [0, 0.1) is 18.3 Å². The minimum Gasteiger partial charge on any atom is -0.462 e. The molecule has 0 atom stereocenters. The second kappa shape index (κ2) is 5.97. The molecule has 3 nitrogen and oxygen atoms in total. The van der Waals surface area contributed by atoms with Crippen molar-refractivity contribution in [2.24, 2.45) is 0 Å². The molecule has 1 rings (SSSR count). The number of hydrogen-bond donors (Lipinski definition) is 0. The fraction of sp³-hybridized carbons (Fsp3) is 0.333. The van der Waals surface area contributed by atoms with Crippen LogP contribution in [0.4, 0.5) is 13.2 Å². The molecule has 102 valence electrons. The zero-order valence-electron chi connectivity index (χ0n) is 10.2. The summed E-state index contributed by atoms with van der Waals surface area (Å²) in [6, 6.07) is 4.09. The largest absolute Gasteiger partial charge is 0.462 e. The highest BCUT2D eigenvalue weighted by Crippen LogP contribution is 2.39. The number of esters is 1. The van der Waals surface area contributed by atoms with Crippen LogP contribution in [-0.4, -0.2) is 18.1 Å². The second-order valence-electron chi connectivity index (χ2n) is 3.55. The van der Waals surface area contributed by atoms with Crippen LogP contribution in [0.5, 0.6) is 0 Å². The van der Waals surface area contributed by atoms with Crippen LogP contribution in [0.3, 0.4) is 0 Å². The lowest BCUT2D eigenvalue weighted by molar-refractivity contribution is -0.0328. The SMILES string of the molecule is CCOC(=O)c1cc(C)c(C#N)c(SC(F)(F)F)c1. The third kappa shape index (κ3) is 4.17. The first-order valence-corrected chi connectivity index (χ1v) is 6.07. The summed E-state index contributed by atoms with van der Waals surface area (Å²) >= 11 is -0.415. The van der Waals surface area contributed by atoms with Crippen molar-refractivity contribution in [1.82, 2.24) is 0 Å². The number of halogens is 3. The van der Waals surface area contributed by atoms with E-state index in [0.717, 1.165) is 6.07 Å². The predicted octanol–water partition coefficient (Wildman–Crippen LogP) is 3.66. The van der Waals surface area contributed by atoms with Crippen LogP contribution in [0.25, 0.3) is 0 Å². The fourth-order valence-electron chi connectivity index (χ4n) is 1.44. The van der Waals surface area contributed by atoms with E-state index in [4.69, 9.17) is 10.00 Å². The van der Waals surface area contributed by atoms with Crippen LogP contribution in [0.15, 0.2) is 17.0 Å². The van der Waals surface area contributed by atoms with Crippen LogP contribution < -0.4 is 0 Å². The number of ether oxygens (including phenoxy) is 1. The summed E-state index contributed by atoms with van der Waals surface area (Å²) in [7, 11) is 0. The molecule has 0 saturated heterocycles. The average molecular weight is 289 g/mol. The van der Waals surface area contributed by atoms with Crippen molar-refractivity contribution in [1.29, 1.82) is 5.26 Å². The van der Waals surface area contributed by atoms with E-state index in [2.05, 4.69) is 0 Å². The number of thioether (sulfide) groups is 1. The Labute approximate surface area is 112 Å². The number of hydrogen-bond acceptors (Lipinski definition) is 4. The maximum atomic E-state index is 12.4. The molecule has 0 heterocycles. The number of benzene rings is 1. The highest BCUT2D eigenvalue weighted by Gasteiger charge is 2.31. The second-order valence-corrected chi connectivity index (χ2v) is 4.65. The molecule has 0 radical (unpaired) electrons. The summed E-state index contributed by atoms with van der Waals surface area (Å²) in [4.78, 5) is 11.2. The van der Waals surface area contributed by atoms with E-state index in [1.807, 2.05) is 0 Å². The third-order valence-corrected chi connectivity index (χ3v) is 2.92. The molecule has 7 heteroatoms. The van der Waals surface area contributed by atoms with E-state index in [9.17, 15) is 18.0 Å². The van der Waals surface area contributed by atoms with E-state index in [0.29, 0.717) is 5.56 Å². The van der Waals surface area contributed by atoms with Crippen molar-refractivity contribution in [3.05, 3.63) is 28.8 Å². The molecule has 0 fully saturated rings. The molecule has 0 amide bonds. The number of rotatable bonds is 3. The Morgan fingerprint density at radius 2 is 2.11 bits per heavy atom. The number of alkyl halides is 3. The molecule has 0 aliphatic carbocycles. The van der Waals surface area contributed by atoms with Gasteiger partial charge in [-0.25, -0.2) is 4.79 Å². The zero-order valence-corrected chi connectivity index (χ0v) is 11.0. The van der Waals surface area contributed by atoms with Gasteiger partial charge in [0.25, 0.3) is 0 Å². The number of carbonyl (C=O) groups excluding carboxylic acids is 1. The molecule has 0 spiro atoms. The highest BCUT2D eigenvalue weighted by molar-refractivity contribution is 8.00. The van der Waals surface area contributed by atoms with Gasteiger partial charge in [-0.2, -0.15) is 18.4 Å². The zero-order chi connectivity index (χ0) is 14.6. The fourth-order valence-corrected chi connectivity index (χ4v) is 2.18. The summed E-state index contributed by atoms with van der Waals surface area (Å²) < 4.78 is 42.0. The van der Waals surface area contributed by atoms with E-state index >= 15 is 0 Å². The van der Waals surface area contributed by atoms with Crippen molar-refractivity contribution in [2.45, 2.75) is 24.3 Å². The Bertz CT molecular complexity index is 535. The molecule has 0 aliphatic rings. The molecule has 1 aromatic carbocycles. The van der Waals surface area contributed by atoms with Crippen molar-refractivity contribution in [3.8, 4) is 6.07 Å². The van der Waals surface area contributed by atoms with Gasteiger partial charge < -0.3 is 4.74 Å². The normalized spacial score (nSPS) is 10.9. The first-order chi connectivity index (χ1) is 8.78. The molecule has 0 unspecified atom stereocenters. The van der Waals surface area contributed by atoms with Crippen molar-refractivity contribution in [2.75, 3.05) is 6.61 Å². The molecule has 0 saturated carbocycles. The molecule has 0 aliphatic heterocycles. The van der Waals surface area contributed by atoms with Crippen molar-refractivity contribution in [3.63, 3.8) is 0 Å². The number of nitriles is 1. The summed E-state index contributed by atoms with van der Waals surface area (Å²) in [5.74, 6) is -0.709. The van der Waals surface area contributed by atoms with Gasteiger partial charge >= 0.3 is 11.5 Å². The Morgan fingerprint density at radius 3 is 2.58 bits per heavy atom. The lowest BCUT2D eigenvalue weighted by Gasteiger charge is -2.11. The molecular formula is C12H10F3NO2S. The topological polar surface area (TPSA) is 50.1 Å². The van der Waals surface area contributed by atoms with Gasteiger partial charge in [-0.1, -0.05) is 0 Å². The molecule has 0 bridgehead atoms. The molecule has 19 heavy (non-hydrogen) atoms. The first kappa shape index (κ1) is 15.4. The lowest BCUT2D eigenvalue weighted by Crippen LogP contribution is -2.07. The minimum atomic E-state index is -4.52. The number of aryl methyl sites for hydroxylation is 1. The Kier molecular flexibility index (Phi) is 4.84. The Balaban J connectivity index is 3.27. The molecule has 0 N–H and O–H groups in total. The number of nitrogens with zero attached hydrogens (tertiary/aromatic N) is 1. The van der Waals surface area contributed by atoms with Gasteiger partial charge in [0, 0.05) is 4.90 Å². The van der Waals surface area contributed by atoms with Crippen LogP contribution >= 0.6 is 11.8 Å². The molecular weight excluding hydrogens is 279 g/mol. The Hall–Kier alpha value is -1.68. The first-order valence-electron chi connectivity index (χ1n) is 5.26. The number of carbonyl (C=O) groups is 1. The lowest BCUT2D eigenvalue weighted by atomic mass is 10.1. The maximum absolute atomic E-state index is 12.4. The van der Waals surface area contributed by atoms with Crippen LogP contribution in [0.2, 0.25) is 0 Å². The minimum absolute atomic E-state index is 0.00472. The van der Waals surface area contributed by atoms with Gasteiger partial charge in [-0.15, -0.1) is 0 Å². The third-order valence-electron chi connectivity index (χ3n) is 2.15. The van der Waals surface area contributed by atoms with Gasteiger partial charge in [0.15, 0.2) is 0 Å². The standard InChI is InChI=1S/C12H10F3NO2S/c1-3-18-11(17)8-4-7(2)9(6-16)10(5-8)19-12(13,14)15/h4-5H,3H2,1-2H3. The smallest absolute Gasteiger partial charge is 0.446 e. The Morgan fingerprint density at radius 1 is 1.47 bits per heavy atom. The van der Waals surface area contributed by atoms with Gasteiger partial charge in [0.05, 0.1) is 17.7 Å². The highest BCUT2D eigenvalue weighted by atomic mass is 32.2. The summed E-state index contributed by atoms with van der Waals surface area (Å²) in [5.41, 5.74) is -4.30. The molecule has 0 aromatic heterocycles. The molecule has 1 aromatic rings. The van der Waals surface area contributed by atoms with Gasteiger partial charge in [-0.05, 0) is 43.3 Å². The van der Waals surface area contributed by atoms with Gasteiger partial charge in [0.2, 0.25) is 0 Å². The van der Waals surface area contributed by atoms with Crippen molar-refractivity contribution >= 4 is 17.7 Å². The summed E-state index contributed by atoms with van der Waals surface area (Å²) in [5, 5.41) is 8.88. The monoisotopic (exact) mass is 289 g/mol. The van der Waals surface area contributed by atoms with Gasteiger partial charge in [-0.3, -0.25) is 0 Å². The van der Waals surface area contributed by atoms with E-state index in [1.54, 1.807) is 13.0 Å². The van der Waals surface area contributed by atoms with E-state index < -0.39 is 23.2 Å². The van der Waals surface area contributed by atoms with E-state index in [1.165, 1.54) is 13.0 Å². The summed E-state index contributed by atoms with van der Waals surface area (Å²) in [6.07, 6.45) is 0. The quantitative estimate of drug-likeness (QED) is 0.629.